The molecule has 1 saturated carbocycles. The first-order chi connectivity index (χ1) is 14.0. The Morgan fingerprint density at radius 1 is 1.07 bits per heavy atom. The van der Waals surface area contributed by atoms with Crippen LogP contribution in [0.25, 0.3) is 0 Å². The maximum atomic E-state index is 12.5. The van der Waals surface area contributed by atoms with E-state index in [-0.39, 0.29) is 11.3 Å². The lowest BCUT2D eigenvalue weighted by atomic mass is 9.57. The van der Waals surface area contributed by atoms with Crippen molar-refractivity contribution in [2.24, 2.45) is 16.3 Å². The number of hydrogen-bond donors (Lipinski definition) is 1. The summed E-state index contributed by atoms with van der Waals surface area (Å²) in [7, 11) is 0. The van der Waals surface area contributed by atoms with E-state index in [9.17, 15) is 4.79 Å². The lowest BCUT2D eigenvalue weighted by Crippen LogP contribution is -2.68. The molecule has 29 heavy (non-hydrogen) atoms. The minimum atomic E-state index is 0.141. The fourth-order valence-corrected chi connectivity index (χ4v) is 5.36. The highest BCUT2D eigenvalue weighted by Crippen LogP contribution is 2.52. The summed E-state index contributed by atoms with van der Waals surface area (Å²) in [6.07, 6.45) is 1.52. The molecule has 1 amide bonds. The van der Waals surface area contributed by atoms with E-state index in [1.54, 1.807) is 0 Å². The van der Waals surface area contributed by atoms with Crippen LogP contribution in [-0.2, 0) is 14.3 Å². The summed E-state index contributed by atoms with van der Waals surface area (Å²) in [5.74, 6) is 1.85. The highest BCUT2D eigenvalue weighted by Gasteiger charge is 2.59. The first-order valence-electron chi connectivity index (χ1n) is 11.3. The molecule has 1 N–H and O–H groups in total. The Balaban J connectivity index is 1.29. The van der Waals surface area contributed by atoms with Crippen molar-refractivity contribution < 1.29 is 14.3 Å². The zero-order valence-corrected chi connectivity index (χ0v) is 18.2. The van der Waals surface area contributed by atoms with Gasteiger partial charge in [-0.05, 0) is 13.3 Å². The maximum Gasteiger partial charge on any atom is 0.236 e. The van der Waals surface area contributed by atoms with Gasteiger partial charge in [0.25, 0.3) is 0 Å². The predicted molar refractivity (Wildman–Crippen MR) is 112 cm³/mol. The molecule has 4 fully saturated rings. The molecule has 1 aliphatic carbocycles. The molecule has 0 aromatic rings. The monoisotopic (exact) mass is 407 g/mol. The number of morpholine rings is 1. The number of carbonyl (C=O) groups is 1. The lowest BCUT2D eigenvalue weighted by Gasteiger charge is -2.55. The number of ether oxygens (including phenoxy) is 2. The number of nitrogens with one attached hydrogen (secondary N) is 1. The second-order valence-corrected chi connectivity index (χ2v) is 9.24. The van der Waals surface area contributed by atoms with E-state index in [0.717, 1.165) is 64.8 Å². The number of rotatable bonds is 4. The van der Waals surface area contributed by atoms with Gasteiger partial charge in [-0.25, -0.2) is 0 Å². The molecule has 8 heteroatoms. The van der Waals surface area contributed by atoms with Crippen molar-refractivity contribution in [1.29, 1.82) is 0 Å². The minimum Gasteiger partial charge on any atom is -0.378 e. The zero-order valence-electron chi connectivity index (χ0n) is 18.2. The van der Waals surface area contributed by atoms with E-state index in [4.69, 9.17) is 14.5 Å². The Kier molecular flexibility index (Phi) is 6.32. The first kappa shape index (κ1) is 20.9. The van der Waals surface area contributed by atoms with Gasteiger partial charge < -0.3 is 24.6 Å². The van der Waals surface area contributed by atoms with Crippen LogP contribution in [-0.4, -0.2) is 111 Å². The van der Waals surface area contributed by atoms with Crippen LogP contribution in [0.15, 0.2) is 4.99 Å². The van der Waals surface area contributed by atoms with Gasteiger partial charge in [-0.1, -0.05) is 13.8 Å². The number of guanidine groups is 1. The fraction of sp³-hybridized carbons (Fsp3) is 0.905. The number of piperazine rings is 1. The Morgan fingerprint density at radius 3 is 2.48 bits per heavy atom. The molecular weight excluding hydrogens is 370 g/mol. The Bertz CT molecular complexity index is 611. The molecule has 164 valence electrons. The van der Waals surface area contributed by atoms with Crippen molar-refractivity contribution >= 4 is 11.9 Å². The maximum absolute atomic E-state index is 12.5. The Morgan fingerprint density at radius 2 is 1.79 bits per heavy atom. The summed E-state index contributed by atoms with van der Waals surface area (Å²) >= 11 is 0. The van der Waals surface area contributed by atoms with E-state index in [2.05, 4.69) is 35.9 Å². The molecule has 0 aromatic carbocycles. The molecule has 3 unspecified atom stereocenters. The smallest absolute Gasteiger partial charge is 0.236 e. The van der Waals surface area contributed by atoms with Crippen LogP contribution in [0.2, 0.25) is 0 Å². The molecule has 3 saturated heterocycles. The van der Waals surface area contributed by atoms with Crippen molar-refractivity contribution in [3.05, 3.63) is 0 Å². The third-order valence-electron chi connectivity index (χ3n) is 7.09. The standard InChI is InChI=1S/C21H37N5O3/c1-4-22-20(23-18-16-5-12-29-19(16)21(18,2)3)26-8-6-24(7-9-26)15-17(27)25-10-13-28-14-11-25/h16,18-19H,4-15H2,1-3H3,(H,22,23). The van der Waals surface area contributed by atoms with Crippen LogP contribution in [0.1, 0.15) is 27.2 Å². The second kappa shape index (κ2) is 8.78. The molecule has 3 aliphatic heterocycles. The van der Waals surface area contributed by atoms with E-state index in [0.29, 0.717) is 37.8 Å². The predicted octanol–water partition coefficient (Wildman–Crippen LogP) is 0.242. The minimum absolute atomic E-state index is 0.141. The van der Waals surface area contributed by atoms with Crippen molar-refractivity contribution in [1.82, 2.24) is 20.0 Å². The molecule has 0 bridgehead atoms. The summed E-state index contributed by atoms with van der Waals surface area (Å²) in [5.41, 5.74) is 0.141. The molecular formula is C21H37N5O3. The van der Waals surface area contributed by atoms with Crippen LogP contribution >= 0.6 is 0 Å². The average Bonchev–Trinajstić information content (AvgIpc) is 3.19. The highest BCUT2D eigenvalue weighted by molar-refractivity contribution is 5.81. The summed E-state index contributed by atoms with van der Waals surface area (Å²) in [4.78, 5) is 23.9. The largest absolute Gasteiger partial charge is 0.378 e. The van der Waals surface area contributed by atoms with Gasteiger partial charge in [-0.2, -0.15) is 0 Å². The van der Waals surface area contributed by atoms with Crippen LogP contribution in [0.5, 0.6) is 0 Å². The number of hydrogen-bond acceptors (Lipinski definition) is 5. The number of nitrogens with zero attached hydrogens (tertiary/aromatic N) is 4. The SMILES string of the molecule is CCN=C(NC1C2CCOC2C1(C)C)N1CCN(CC(=O)N2CCOCC2)CC1. The van der Waals surface area contributed by atoms with Gasteiger partial charge in [0.15, 0.2) is 5.96 Å². The Labute approximate surface area is 174 Å². The fourth-order valence-electron chi connectivity index (χ4n) is 5.36. The molecule has 0 radical (unpaired) electrons. The van der Waals surface area contributed by atoms with Crippen LogP contribution in [0.4, 0.5) is 0 Å². The normalized spacial score (nSPS) is 32.7. The van der Waals surface area contributed by atoms with Crippen molar-refractivity contribution in [3.8, 4) is 0 Å². The number of carbonyl (C=O) groups excluding carboxylic acids is 1. The summed E-state index contributed by atoms with van der Waals surface area (Å²) in [6.45, 7) is 15.2. The number of aliphatic imine (C=N–C) groups is 1. The van der Waals surface area contributed by atoms with Crippen LogP contribution in [0, 0.1) is 11.3 Å². The molecule has 3 heterocycles. The molecule has 8 nitrogen and oxygen atoms in total. The van der Waals surface area contributed by atoms with E-state index >= 15 is 0 Å². The van der Waals surface area contributed by atoms with Gasteiger partial charge in [-0.3, -0.25) is 14.7 Å². The number of amides is 1. The average molecular weight is 408 g/mol. The third-order valence-corrected chi connectivity index (χ3v) is 7.09. The first-order valence-corrected chi connectivity index (χ1v) is 11.3. The highest BCUT2D eigenvalue weighted by atomic mass is 16.5. The second-order valence-electron chi connectivity index (χ2n) is 9.24. The topological polar surface area (TPSA) is 69.6 Å². The van der Waals surface area contributed by atoms with Gasteiger partial charge in [0.1, 0.15) is 0 Å². The molecule has 4 aliphatic rings. The summed E-state index contributed by atoms with van der Waals surface area (Å²) in [5, 5.41) is 3.78. The molecule has 3 atom stereocenters. The van der Waals surface area contributed by atoms with Crippen LogP contribution in [0.3, 0.4) is 0 Å². The van der Waals surface area contributed by atoms with E-state index < -0.39 is 0 Å². The van der Waals surface area contributed by atoms with Gasteiger partial charge in [-0.15, -0.1) is 0 Å². The van der Waals surface area contributed by atoms with E-state index in [1.807, 2.05) is 4.90 Å². The molecule has 0 aromatic heterocycles. The van der Waals surface area contributed by atoms with Gasteiger partial charge in [0.2, 0.25) is 5.91 Å². The van der Waals surface area contributed by atoms with Gasteiger partial charge in [0.05, 0.1) is 25.9 Å². The van der Waals surface area contributed by atoms with E-state index in [1.165, 1.54) is 0 Å². The molecule has 0 spiro atoms. The summed E-state index contributed by atoms with van der Waals surface area (Å²) < 4.78 is 11.3. The van der Waals surface area contributed by atoms with Crippen molar-refractivity contribution in [3.63, 3.8) is 0 Å². The molecule has 4 rings (SSSR count). The van der Waals surface area contributed by atoms with Crippen molar-refractivity contribution in [2.75, 3.05) is 72.2 Å². The lowest BCUT2D eigenvalue weighted by molar-refractivity contribution is -0.136. The quantitative estimate of drug-likeness (QED) is 0.532. The van der Waals surface area contributed by atoms with Crippen molar-refractivity contribution in [2.45, 2.75) is 39.3 Å². The summed E-state index contributed by atoms with van der Waals surface area (Å²) in [6, 6.07) is 0.418. The van der Waals surface area contributed by atoms with Gasteiger partial charge in [0, 0.05) is 69.8 Å². The van der Waals surface area contributed by atoms with Gasteiger partial charge >= 0.3 is 0 Å². The van der Waals surface area contributed by atoms with Crippen LogP contribution < -0.4 is 5.32 Å². The zero-order chi connectivity index (χ0) is 20.4. The number of fused-ring (bicyclic) bond motifs is 1. The Hall–Kier alpha value is -1.38. The third kappa shape index (κ3) is 4.25.